The van der Waals surface area contributed by atoms with E-state index < -0.39 is 0 Å². The zero-order chi connectivity index (χ0) is 14.5. The van der Waals surface area contributed by atoms with Crippen LogP contribution in [0.25, 0.3) is 0 Å². The lowest BCUT2D eigenvalue weighted by Gasteiger charge is -2.08. The van der Waals surface area contributed by atoms with Gasteiger partial charge in [-0.3, -0.25) is 4.79 Å². The van der Waals surface area contributed by atoms with Crippen molar-refractivity contribution in [1.29, 1.82) is 0 Å². The fourth-order valence-electron chi connectivity index (χ4n) is 1.91. The fraction of sp³-hybridized carbons (Fsp3) is 0.188. The molecule has 2 rings (SSSR count). The van der Waals surface area contributed by atoms with Gasteiger partial charge in [-0.2, -0.15) is 0 Å². The third-order valence-electron chi connectivity index (χ3n) is 3.06. The Bertz CT molecular complexity index is 610. The molecule has 2 aromatic carbocycles. The first-order valence-electron chi connectivity index (χ1n) is 6.35. The molecule has 20 heavy (non-hydrogen) atoms. The van der Waals surface area contributed by atoms with Crippen LogP contribution in [-0.2, 0) is 6.42 Å². The van der Waals surface area contributed by atoms with E-state index in [-0.39, 0.29) is 5.91 Å². The highest BCUT2D eigenvalue weighted by Gasteiger charge is 2.08. The van der Waals surface area contributed by atoms with Crippen LogP contribution in [0.2, 0.25) is 5.02 Å². The topological polar surface area (TPSA) is 29.1 Å². The van der Waals surface area contributed by atoms with Gasteiger partial charge >= 0.3 is 0 Å². The van der Waals surface area contributed by atoms with Gasteiger partial charge in [-0.15, -0.1) is 0 Å². The number of aryl methyl sites for hydroxylation is 1. The molecule has 0 saturated heterocycles. The zero-order valence-corrected chi connectivity index (χ0v) is 13.5. The standard InChI is InChI=1S/C16H15BrClNO/c1-11-2-5-13(17)10-15(11)16(20)19-9-8-12-3-6-14(18)7-4-12/h2-7,10H,8-9H2,1H3,(H,19,20). The number of amides is 1. The minimum Gasteiger partial charge on any atom is -0.352 e. The van der Waals surface area contributed by atoms with Crippen LogP contribution in [0.15, 0.2) is 46.9 Å². The van der Waals surface area contributed by atoms with Gasteiger partial charge in [-0.1, -0.05) is 45.7 Å². The Morgan fingerprint density at radius 1 is 1.20 bits per heavy atom. The van der Waals surface area contributed by atoms with Gasteiger partial charge in [0.1, 0.15) is 0 Å². The molecule has 0 atom stereocenters. The van der Waals surface area contributed by atoms with Crippen molar-refractivity contribution in [3.8, 4) is 0 Å². The summed E-state index contributed by atoms with van der Waals surface area (Å²) in [4.78, 5) is 12.1. The second kappa shape index (κ2) is 6.91. The minimum atomic E-state index is -0.0437. The summed E-state index contributed by atoms with van der Waals surface area (Å²) in [5.41, 5.74) is 2.83. The summed E-state index contributed by atoms with van der Waals surface area (Å²) in [6.45, 7) is 2.53. The summed E-state index contributed by atoms with van der Waals surface area (Å²) in [6, 6.07) is 13.4. The lowest BCUT2D eigenvalue weighted by atomic mass is 10.1. The summed E-state index contributed by atoms with van der Waals surface area (Å²) in [7, 11) is 0. The Morgan fingerprint density at radius 3 is 2.60 bits per heavy atom. The summed E-state index contributed by atoms with van der Waals surface area (Å²) < 4.78 is 0.908. The summed E-state index contributed by atoms with van der Waals surface area (Å²) in [6.07, 6.45) is 0.788. The van der Waals surface area contributed by atoms with Gasteiger partial charge in [-0.25, -0.2) is 0 Å². The molecule has 1 amide bonds. The van der Waals surface area contributed by atoms with E-state index in [2.05, 4.69) is 21.2 Å². The van der Waals surface area contributed by atoms with Gasteiger partial charge in [-0.05, 0) is 48.7 Å². The second-order valence-electron chi connectivity index (χ2n) is 4.59. The molecule has 2 nitrogen and oxygen atoms in total. The Labute approximate surface area is 132 Å². The first kappa shape index (κ1) is 15.1. The molecule has 1 N–H and O–H groups in total. The molecule has 4 heteroatoms. The first-order chi connectivity index (χ1) is 9.56. The predicted octanol–water partition coefficient (Wildman–Crippen LogP) is 4.38. The third-order valence-corrected chi connectivity index (χ3v) is 3.80. The number of hydrogen-bond acceptors (Lipinski definition) is 1. The van der Waals surface area contributed by atoms with Gasteiger partial charge < -0.3 is 5.32 Å². The maximum absolute atomic E-state index is 12.1. The average Bonchev–Trinajstić information content (AvgIpc) is 2.43. The largest absolute Gasteiger partial charge is 0.352 e. The molecule has 0 aliphatic carbocycles. The van der Waals surface area contributed by atoms with Crippen molar-refractivity contribution >= 4 is 33.4 Å². The number of carbonyl (C=O) groups excluding carboxylic acids is 1. The molecule has 0 saturated carbocycles. The van der Waals surface area contributed by atoms with E-state index in [1.165, 1.54) is 0 Å². The molecular weight excluding hydrogens is 338 g/mol. The Kier molecular flexibility index (Phi) is 5.21. The highest BCUT2D eigenvalue weighted by Crippen LogP contribution is 2.16. The number of nitrogens with one attached hydrogen (secondary N) is 1. The number of hydrogen-bond donors (Lipinski definition) is 1. The van der Waals surface area contributed by atoms with E-state index in [4.69, 9.17) is 11.6 Å². The SMILES string of the molecule is Cc1ccc(Br)cc1C(=O)NCCc1ccc(Cl)cc1. The number of halogens is 2. The van der Waals surface area contributed by atoms with E-state index in [0.717, 1.165) is 27.0 Å². The van der Waals surface area contributed by atoms with E-state index in [9.17, 15) is 4.79 Å². The van der Waals surface area contributed by atoms with Crippen LogP contribution in [0.5, 0.6) is 0 Å². The Morgan fingerprint density at radius 2 is 1.90 bits per heavy atom. The number of rotatable bonds is 4. The number of benzene rings is 2. The lowest BCUT2D eigenvalue weighted by molar-refractivity contribution is 0.0953. The predicted molar refractivity (Wildman–Crippen MR) is 86.4 cm³/mol. The first-order valence-corrected chi connectivity index (χ1v) is 7.52. The van der Waals surface area contributed by atoms with E-state index in [1.807, 2.05) is 49.4 Å². The van der Waals surface area contributed by atoms with Crippen LogP contribution in [0.4, 0.5) is 0 Å². The van der Waals surface area contributed by atoms with Crippen LogP contribution < -0.4 is 5.32 Å². The molecule has 104 valence electrons. The monoisotopic (exact) mass is 351 g/mol. The molecule has 0 unspecified atom stereocenters. The summed E-state index contributed by atoms with van der Waals surface area (Å²) >= 11 is 9.22. The minimum absolute atomic E-state index is 0.0437. The van der Waals surface area contributed by atoms with Crippen molar-refractivity contribution in [3.63, 3.8) is 0 Å². The second-order valence-corrected chi connectivity index (χ2v) is 5.94. The van der Waals surface area contributed by atoms with Crippen molar-refractivity contribution in [2.24, 2.45) is 0 Å². The molecule has 0 aromatic heterocycles. The summed E-state index contributed by atoms with van der Waals surface area (Å²) in [5.74, 6) is -0.0437. The highest BCUT2D eigenvalue weighted by molar-refractivity contribution is 9.10. The smallest absolute Gasteiger partial charge is 0.251 e. The fourth-order valence-corrected chi connectivity index (χ4v) is 2.39. The van der Waals surface area contributed by atoms with Crippen LogP contribution in [-0.4, -0.2) is 12.5 Å². The molecule has 2 aromatic rings. The van der Waals surface area contributed by atoms with Crippen molar-refractivity contribution in [2.45, 2.75) is 13.3 Å². The van der Waals surface area contributed by atoms with Crippen LogP contribution >= 0.6 is 27.5 Å². The third kappa shape index (κ3) is 4.09. The Hall–Kier alpha value is -1.32. The van der Waals surface area contributed by atoms with Crippen molar-refractivity contribution in [3.05, 3.63) is 68.7 Å². The van der Waals surface area contributed by atoms with Gasteiger partial charge in [0.2, 0.25) is 0 Å². The number of carbonyl (C=O) groups is 1. The molecule has 0 fully saturated rings. The lowest BCUT2D eigenvalue weighted by Crippen LogP contribution is -2.26. The molecular formula is C16H15BrClNO. The molecule has 0 bridgehead atoms. The van der Waals surface area contributed by atoms with Crippen LogP contribution in [0.1, 0.15) is 21.5 Å². The van der Waals surface area contributed by atoms with Crippen LogP contribution in [0.3, 0.4) is 0 Å². The quantitative estimate of drug-likeness (QED) is 0.869. The molecule has 0 spiro atoms. The maximum atomic E-state index is 12.1. The maximum Gasteiger partial charge on any atom is 0.251 e. The van der Waals surface area contributed by atoms with Gasteiger partial charge in [0.25, 0.3) is 5.91 Å². The van der Waals surface area contributed by atoms with Crippen molar-refractivity contribution < 1.29 is 4.79 Å². The normalized spacial score (nSPS) is 10.3. The molecule has 0 aliphatic heterocycles. The van der Waals surface area contributed by atoms with Gasteiger partial charge in [0, 0.05) is 21.6 Å². The summed E-state index contributed by atoms with van der Waals surface area (Å²) in [5, 5.41) is 3.66. The zero-order valence-electron chi connectivity index (χ0n) is 11.1. The Balaban J connectivity index is 1.92. The van der Waals surface area contributed by atoms with E-state index in [0.29, 0.717) is 12.1 Å². The van der Waals surface area contributed by atoms with Crippen LogP contribution in [0, 0.1) is 6.92 Å². The highest BCUT2D eigenvalue weighted by atomic mass is 79.9. The average molecular weight is 353 g/mol. The molecule has 0 radical (unpaired) electrons. The van der Waals surface area contributed by atoms with Gasteiger partial charge in [0.05, 0.1) is 0 Å². The molecule has 0 aliphatic rings. The molecule has 0 heterocycles. The van der Waals surface area contributed by atoms with E-state index in [1.54, 1.807) is 0 Å². The van der Waals surface area contributed by atoms with Crippen molar-refractivity contribution in [2.75, 3.05) is 6.54 Å². The van der Waals surface area contributed by atoms with Crippen molar-refractivity contribution in [1.82, 2.24) is 5.32 Å². The van der Waals surface area contributed by atoms with Gasteiger partial charge in [0.15, 0.2) is 0 Å². The van der Waals surface area contributed by atoms with E-state index >= 15 is 0 Å².